The van der Waals surface area contributed by atoms with Gasteiger partial charge in [-0.15, -0.1) is 11.3 Å². The van der Waals surface area contributed by atoms with E-state index in [1.807, 2.05) is 0 Å². The highest BCUT2D eigenvalue weighted by Crippen LogP contribution is 2.33. The maximum absolute atomic E-state index is 12.1. The summed E-state index contributed by atoms with van der Waals surface area (Å²) >= 11 is 3.84. The van der Waals surface area contributed by atoms with Crippen molar-refractivity contribution in [1.29, 1.82) is 0 Å². The number of halogens is 4. The van der Waals surface area contributed by atoms with Crippen LogP contribution in [0, 0.1) is 0 Å². The molecule has 0 radical (unpaired) electrons. The summed E-state index contributed by atoms with van der Waals surface area (Å²) in [6, 6.07) is 1.19. The van der Waals surface area contributed by atoms with E-state index in [1.165, 1.54) is 6.07 Å². The lowest BCUT2D eigenvalue weighted by atomic mass is 10.4. The van der Waals surface area contributed by atoms with E-state index in [0.29, 0.717) is 3.79 Å². The summed E-state index contributed by atoms with van der Waals surface area (Å²) in [5.74, 6) is -2.88. The van der Waals surface area contributed by atoms with Crippen LogP contribution >= 0.6 is 27.3 Å². The monoisotopic (exact) mass is 381 g/mol. The van der Waals surface area contributed by atoms with Gasteiger partial charge in [0, 0.05) is 0 Å². The van der Waals surface area contributed by atoms with Crippen molar-refractivity contribution in [2.45, 2.75) is 6.18 Å². The van der Waals surface area contributed by atoms with Crippen LogP contribution in [0.1, 0.15) is 9.67 Å². The third-order valence-electron chi connectivity index (χ3n) is 1.69. The molecule has 1 aromatic heterocycles. The van der Waals surface area contributed by atoms with Crippen LogP contribution in [0.3, 0.4) is 0 Å². The Labute approximate surface area is 118 Å². The summed E-state index contributed by atoms with van der Waals surface area (Å²) in [7, 11) is -3.57. The fraction of sp³-hybridized carbons (Fsp3) is 0.375. The summed E-state index contributed by atoms with van der Waals surface area (Å²) in [4.78, 5) is 11.2. The number of anilines is 1. The van der Waals surface area contributed by atoms with Gasteiger partial charge in [0.25, 0.3) is 0 Å². The first kappa shape index (κ1) is 16.2. The molecule has 0 spiro atoms. The molecular formula is C8H7BrF3NO4S2. The average Bonchev–Trinajstić information content (AvgIpc) is 2.53. The standard InChI is InChI=1S/C8H7BrF3NO4S2/c1-17-7(14)6-4(2-5(9)18-6)13-19(15,16)3-8(10,11)12/h2,13H,3H2,1H3. The van der Waals surface area contributed by atoms with Crippen molar-refractivity contribution in [3.8, 4) is 0 Å². The number of carbonyl (C=O) groups is 1. The van der Waals surface area contributed by atoms with Crippen LogP contribution in [0.4, 0.5) is 18.9 Å². The van der Waals surface area contributed by atoms with Crippen molar-refractivity contribution in [2.75, 3.05) is 17.6 Å². The summed E-state index contributed by atoms with van der Waals surface area (Å²) in [6.45, 7) is 0. The molecule has 0 aliphatic carbocycles. The zero-order valence-electron chi connectivity index (χ0n) is 9.25. The highest BCUT2D eigenvalue weighted by Gasteiger charge is 2.36. The molecule has 1 rings (SSSR count). The Kier molecular flexibility index (Phi) is 4.85. The Hall–Kier alpha value is -0.810. The number of carbonyl (C=O) groups excluding carboxylic acids is 1. The molecular weight excluding hydrogens is 375 g/mol. The molecule has 1 N–H and O–H groups in total. The topological polar surface area (TPSA) is 72.5 Å². The number of rotatable bonds is 4. The Morgan fingerprint density at radius 2 is 2.11 bits per heavy atom. The van der Waals surface area contributed by atoms with Crippen LogP contribution in [0.15, 0.2) is 9.85 Å². The summed E-state index contributed by atoms with van der Waals surface area (Å²) in [5, 5.41) is 0. The van der Waals surface area contributed by atoms with Crippen molar-refractivity contribution < 1.29 is 31.1 Å². The molecule has 0 saturated heterocycles. The van der Waals surface area contributed by atoms with Gasteiger partial charge in [0.05, 0.1) is 16.6 Å². The number of thiophene rings is 1. The molecule has 1 heterocycles. The first-order valence-corrected chi connectivity index (χ1v) is 7.75. The second-order valence-corrected chi connectivity index (χ2v) is 7.41. The van der Waals surface area contributed by atoms with E-state index >= 15 is 0 Å². The number of esters is 1. The lowest BCUT2D eigenvalue weighted by molar-refractivity contribution is -0.106. The van der Waals surface area contributed by atoms with Crippen molar-refractivity contribution >= 4 is 48.9 Å². The number of ether oxygens (including phenoxy) is 1. The molecule has 0 aromatic carbocycles. The number of hydrogen-bond acceptors (Lipinski definition) is 5. The first-order chi connectivity index (χ1) is 8.54. The normalized spacial score (nSPS) is 12.3. The molecule has 0 atom stereocenters. The van der Waals surface area contributed by atoms with Gasteiger partial charge in [0.15, 0.2) is 5.75 Å². The lowest BCUT2D eigenvalue weighted by Crippen LogP contribution is -2.28. The third-order valence-corrected chi connectivity index (χ3v) is 4.55. The minimum absolute atomic E-state index is 0.139. The van der Waals surface area contributed by atoms with Crippen molar-refractivity contribution in [1.82, 2.24) is 0 Å². The van der Waals surface area contributed by atoms with Gasteiger partial charge in [-0.25, -0.2) is 13.2 Å². The van der Waals surface area contributed by atoms with Crippen LogP contribution in [0.2, 0.25) is 0 Å². The number of sulfonamides is 1. The van der Waals surface area contributed by atoms with Crippen molar-refractivity contribution in [3.05, 3.63) is 14.7 Å². The minimum atomic E-state index is -4.87. The van der Waals surface area contributed by atoms with Gasteiger partial charge in [0.2, 0.25) is 10.0 Å². The molecule has 11 heteroatoms. The second-order valence-electron chi connectivity index (χ2n) is 3.26. The number of hydrogen-bond donors (Lipinski definition) is 1. The predicted octanol–water partition coefficient (Wildman–Crippen LogP) is 2.60. The van der Waals surface area contributed by atoms with Gasteiger partial charge in [0.1, 0.15) is 4.88 Å². The maximum atomic E-state index is 12.1. The van der Waals surface area contributed by atoms with Gasteiger partial charge < -0.3 is 4.74 Å². The van der Waals surface area contributed by atoms with Gasteiger partial charge in [-0.05, 0) is 22.0 Å². The smallest absolute Gasteiger partial charge is 0.404 e. The minimum Gasteiger partial charge on any atom is -0.465 e. The molecule has 0 unspecified atom stereocenters. The molecule has 0 aliphatic rings. The first-order valence-electron chi connectivity index (χ1n) is 4.49. The van der Waals surface area contributed by atoms with Gasteiger partial charge in [-0.3, -0.25) is 4.72 Å². The van der Waals surface area contributed by atoms with E-state index in [4.69, 9.17) is 0 Å². The van der Waals surface area contributed by atoms with E-state index in [1.54, 1.807) is 4.72 Å². The zero-order valence-corrected chi connectivity index (χ0v) is 12.5. The van der Waals surface area contributed by atoms with Gasteiger partial charge in [-0.2, -0.15) is 13.2 Å². The number of methoxy groups -OCH3 is 1. The van der Waals surface area contributed by atoms with Crippen LogP contribution in [-0.4, -0.2) is 33.4 Å². The molecule has 108 valence electrons. The van der Waals surface area contributed by atoms with Crippen LogP contribution in [-0.2, 0) is 14.8 Å². The van der Waals surface area contributed by atoms with Crippen molar-refractivity contribution in [2.24, 2.45) is 0 Å². The van der Waals surface area contributed by atoms with Gasteiger partial charge in [-0.1, -0.05) is 0 Å². The SMILES string of the molecule is COC(=O)c1sc(Br)cc1NS(=O)(=O)CC(F)(F)F. The summed E-state index contributed by atoms with van der Waals surface area (Å²) in [5.41, 5.74) is -0.257. The summed E-state index contributed by atoms with van der Waals surface area (Å²) < 4.78 is 65.3. The highest BCUT2D eigenvalue weighted by molar-refractivity contribution is 9.11. The van der Waals surface area contributed by atoms with E-state index in [9.17, 15) is 26.4 Å². The van der Waals surface area contributed by atoms with E-state index in [-0.39, 0.29) is 10.6 Å². The van der Waals surface area contributed by atoms with Crippen LogP contribution < -0.4 is 4.72 Å². The lowest BCUT2D eigenvalue weighted by Gasteiger charge is -2.10. The largest absolute Gasteiger partial charge is 0.465 e. The van der Waals surface area contributed by atoms with Crippen molar-refractivity contribution in [3.63, 3.8) is 0 Å². The Balaban J connectivity index is 3.03. The van der Waals surface area contributed by atoms with Gasteiger partial charge >= 0.3 is 12.1 Å². The number of alkyl halides is 3. The highest BCUT2D eigenvalue weighted by atomic mass is 79.9. The molecule has 0 aliphatic heterocycles. The third kappa shape index (κ3) is 4.99. The van der Waals surface area contributed by atoms with Crippen LogP contribution in [0.25, 0.3) is 0 Å². The van der Waals surface area contributed by atoms with E-state index < -0.39 is 27.9 Å². The van der Waals surface area contributed by atoms with Crippen LogP contribution in [0.5, 0.6) is 0 Å². The summed E-state index contributed by atoms with van der Waals surface area (Å²) in [6.07, 6.45) is -4.87. The fourth-order valence-electron chi connectivity index (χ4n) is 1.10. The molecule has 0 bridgehead atoms. The molecule has 5 nitrogen and oxygen atoms in total. The quantitative estimate of drug-likeness (QED) is 0.813. The average molecular weight is 382 g/mol. The molecule has 0 amide bonds. The Bertz CT molecular complexity index is 581. The molecule has 19 heavy (non-hydrogen) atoms. The maximum Gasteiger partial charge on any atom is 0.404 e. The fourth-order valence-corrected chi connectivity index (χ4v) is 3.64. The van der Waals surface area contributed by atoms with E-state index in [0.717, 1.165) is 18.4 Å². The molecule has 0 fully saturated rings. The molecule has 1 aromatic rings. The Morgan fingerprint density at radius 3 is 2.58 bits per heavy atom. The number of nitrogens with one attached hydrogen (secondary N) is 1. The predicted molar refractivity (Wildman–Crippen MR) is 66.8 cm³/mol. The second kappa shape index (κ2) is 5.67. The van der Waals surface area contributed by atoms with E-state index in [2.05, 4.69) is 20.7 Å². The Morgan fingerprint density at radius 1 is 1.53 bits per heavy atom. The zero-order chi connectivity index (χ0) is 14.8. The molecule has 0 saturated carbocycles.